The average molecular weight is 708 g/mol. The fraction of sp³-hybridized carbons (Fsp3) is 0.417. The van der Waals surface area contributed by atoms with E-state index in [0.717, 1.165) is 24.3 Å². The normalized spacial score (nSPS) is 12.1. The van der Waals surface area contributed by atoms with Gasteiger partial charge in [-0.3, -0.25) is 0 Å². The van der Waals surface area contributed by atoms with Crippen molar-refractivity contribution in [1.82, 2.24) is 19.2 Å². The van der Waals surface area contributed by atoms with Gasteiger partial charge in [-0.15, -0.1) is 0 Å². The second kappa shape index (κ2) is 15.8. The molecule has 18 heteroatoms. The van der Waals surface area contributed by atoms with Crippen LogP contribution >= 0.6 is 46.4 Å². The van der Waals surface area contributed by atoms with Gasteiger partial charge < -0.3 is 19.3 Å². The number of sulfonamides is 2. The molecule has 0 heterocycles. The van der Waals surface area contributed by atoms with E-state index in [2.05, 4.69) is 9.44 Å². The Labute approximate surface area is 265 Å². The fourth-order valence-corrected chi connectivity index (χ4v) is 7.10. The number of nitrogens with zero attached hydrogens (tertiary/aromatic N) is 2. The van der Waals surface area contributed by atoms with E-state index in [4.69, 9.17) is 55.9 Å². The van der Waals surface area contributed by atoms with E-state index in [1.54, 1.807) is 0 Å². The van der Waals surface area contributed by atoms with Crippen molar-refractivity contribution in [3.05, 3.63) is 44.4 Å². The van der Waals surface area contributed by atoms with Crippen molar-refractivity contribution in [2.75, 3.05) is 54.4 Å². The summed E-state index contributed by atoms with van der Waals surface area (Å²) in [5.74, 6) is -4.84. The Hall–Kier alpha value is -1.72. The molecule has 0 amide bonds. The predicted molar refractivity (Wildman–Crippen MR) is 161 cm³/mol. The summed E-state index contributed by atoms with van der Waals surface area (Å²) >= 11 is 24.2. The molecule has 0 atom stereocenters. The van der Waals surface area contributed by atoms with Crippen LogP contribution in [0.4, 0.5) is 0 Å². The highest BCUT2D eigenvalue weighted by Crippen LogP contribution is 2.37. The van der Waals surface area contributed by atoms with Crippen molar-refractivity contribution in [2.24, 2.45) is 0 Å². The summed E-state index contributed by atoms with van der Waals surface area (Å²) in [5, 5.41) is -0.965. The number of benzene rings is 2. The first kappa shape index (κ1) is 36.5. The minimum absolute atomic E-state index is 0.0373. The maximum Gasteiger partial charge on any atom is 0.423 e. The van der Waals surface area contributed by atoms with Crippen molar-refractivity contribution in [3.63, 3.8) is 0 Å². The number of hydrogen-bond acceptors (Lipinski definition) is 10. The molecule has 0 unspecified atom stereocenters. The molecular formula is C24H30Cl4N4O8S2. The van der Waals surface area contributed by atoms with Crippen LogP contribution in [0.3, 0.4) is 0 Å². The summed E-state index contributed by atoms with van der Waals surface area (Å²) in [5.41, 5.74) is 0. The third-order valence-electron chi connectivity index (χ3n) is 5.23. The van der Waals surface area contributed by atoms with Crippen LogP contribution in [-0.2, 0) is 29.6 Å². The molecule has 0 bridgehead atoms. The standard InChI is InChI=1S/C24H30Cl4N4O8S2/c1-31(2)9-5-7-29-41(35,36)19-13-15(25)11-17(27)21(19)39-23(33)24(34)40-22-18(28)12-16(26)14-20(22)42(37,38)30-8-6-10-32(3)4/h11-14,29-30H,5-10H2,1-4H3. The monoisotopic (exact) mass is 706 g/mol. The lowest BCUT2D eigenvalue weighted by molar-refractivity contribution is -0.156. The van der Waals surface area contributed by atoms with Crippen LogP contribution in [0, 0.1) is 0 Å². The van der Waals surface area contributed by atoms with Gasteiger partial charge in [0.15, 0.2) is 11.5 Å². The Morgan fingerprint density at radius 3 is 1.31 bits per heavy atom. The van der Waals surface area contributed by atoms with Crippen molar-refractivity contribution >= 4 is 78.4 Å². The van der Waals surface area contributed by atoms with Crippen LogP contribution in [0.25, 0.3) is 0 Å². The summed E-state index contributed by atoms with van der Waals surface area (Å²) in [4.78, 5) is 28.0. The Morgan fingerprint density at radius 2 is 1.00 bits per heavy atom. The molecule has 0 aliphatic heterocycles. The van der Waals surface area contributed by atoms with Crippen molar-refractivity contribution in [2.45, 2.75) is 22.6 Å². The van der Waals surface area contributed by atoms with E-state index in [0.29, 0.717) is 25.9 Å². The molecule has 12 nitrogen and oxygen atoms in total. The lowest BCUT2D eigenvalue weighted by Gasteiger charge is -2.16. The zero-order valence-corrected chi connectivity index (χ0v) is 27.7. The maximum atomic E-state index is 13.0. The van der Waals surface area contributed by atoms with Crippen molar-refractivity contribution < 1.29 is 35.9 Å². The van der Waals surface area contributed by atoms with Crippen molar-refractivity contribution in [3.8, 4) is 11.5 Å². The number of esters is 2. The van der Waals surface area contributed by atoms with Gasteiger partial charge in [0, 0.05) is 23.1 Å². The summed E-state index contributed by atoms with van der Waals surface area (Å²) in [7, 11) is -1.34. The number of ether oxygens (including phenoxy) is 2. The van der Waals surface area contributed by atoms with Gasteiger partial charge in [-0.1, -0.05) is 46.4 Å². The predicted octanol–water partition coefficient (Wildman–Crippen LogP) is 3.27. The maximum absolute atomic E-state index is 13.0. The first-order valence-electron chi connectivity index (χ1n) is 12.2. The molecule has 0 saturated heterocycles. The molecule has 0 spiro atoms. The van der Waals surface area contributed by atoms with E-state index in [-0.39, 0.29) is 23.1 Å². The molecule has 2 aromatic rings. The van der Waals surface area contributed by atoms with Crippen LogP contribution < -0.4 is 18.9 Å². The molecule has 0 aliphatic carbocycles. The van der Waals surface area contributed by atoms with Crippen LogP contribution in [0.5, 0.6) is 11.5 Å². The van der Waals surface area contributed by atoms with E-state index >= 15 is 0 Å². The molecule has 0 aliphatic rings. The molecule has 2 rings (SSSR count). The van der Waals surface area contributed by atoms with E-state index < -0.39 is 63.3 Å². The number of halogens is 4. The number of carbonyl (C=O) groups is 2. The Morgan fingerprint density at radius 1 is 0.667 bits per heavy atom. The van der Waals surface area contributed by atoms with E-state index in [9.17, 15) is 26.4 Å². The van der Waals surface area contributed by atoms with Gasteiger partial charge in [0.25, 0.3) is 0 Å². The smallest absolute Gasteiger partial charge is 0.415 e. The van der Waals surface area contributed by atoms with Crippen LogP contribution in [-0.4, -0.2) is 92.9 Å². The third kappa shape index (κ3) is 10.8. The number of nitrogens with one attached hydrogen (secondary N) is 2. The van der Waals surface area contributed by atoms with Gasteiger partial charge in [0.1, 0.15) is 9.79 Å². The Bertz CT molecular complexity index is 1410. The Balaban J connectivity index is 2.32. The van der Waals surface area contributed by atoms with Crippen LogP contribution in [0.15, 0.2) is 34.1 Å². The van der Waals surface area contributed by atoms with Gasteiger partial charge in [-0.05, 0) is 78.4 Å². The van der Waals surface area contributed by atoms with Crippen LogP contribution in [0.2, 0.25) is 20.1 Å². The molecule has 0 saturated carbocycles. The Kier molecular flexibility index (Phi) is 13.8. The molecule has 0 aromatic heterocycles. The van der Waals surface area contributed by atoms with Crippen molar-refractivity contribution in [1.29, 1.82) is 0 Å². The number of hydrogen-bond donors (Lipinski definition) is 2. The van der Waals surface area contributed by atoms with Gasteiger partial charge in [-0.2, -0.15) is 0 Å². The van der Waals surface area contributed by atoms with Gasteiger partial charge >= 0.3 is 11.9 Å². The zero-order chi connectivity index (χ0) is 31.8. The largest absolute Gasteiger partial charge is 0.423 e. The van der Waals surface area contributed by atoms with Crippen LogP contribution in [0.1, 0.15) is 12.8 Å². The minimum atomic E-state index is -4.31. The summed E-state index contributed by atoms with van der Waals surface area (Å²) < 4.78 is 66.6. The first-order chi connectivity index (χ1) is 19.4. The number of carbonyl (C=O) groups excluding carboxylic acids is 2. The highest BCUT2D eigenvalue weighted by Gasteiger charge is 2.31. The molecular weight excluding hydrogens is 678 g/mol. The fourth-order valence-electron chi connectivity index (χ4n) is 3.30. The SMILES string of the molecule is CN(C)CCCNS(=O)(=O)c1cc(Cl)cc(Cl)c1OC(=O)C(=O)Oc1c(Cl)cc(Cl)cc1S(=O)(=O)NCCCN(C)C. The highest BCUT2D eigenvalue weighted by atomic mass is 35.5. The molecule has 2 N–H and O–H groups in total. The van der Waals surface area contributed by atoms with Gasteiger partial charge in [-0.25, -0.2) is 35.9 Å². The van der Waals surface area contributed by atoms with E-state index in [1.807, 2.05) is 38.0 Å². The molecule has 0 fully saturated rings. The van der Waals surface area contributed by atoms with E-state index in [1.165, 1.54) is 0 Å². The summed E-state index contributed by atoms with van der Waals surface area (Å²) in [6.45, 7) is 1.25. The van der Waals surface area contributed by atoms with Gasteiger partial charge in [0.2, 0.25) is 20.0 Å². The minimum Gasteiger partial charge on any atom is -0.415 e. The second-order valence-electron chi connectivity index (χ2n) is 9.32. The molecule has 42 heavy (non-hydrogen) atoms. The highest BCUT2D eigenvalue weighted by molar-refractivity contribution is 7.90. The topological polar surface area (TPSA) is 151 Å². The first-order valence-corrected chi connectivity index (χ1v) is 16.6. The summed E-state index contributed by atoms with van der Waals surface area (Å²) in [6, 6.07) is 4.17. The molecule has 2 aromatic carbocycles. The lowest BCUT2D eigenvalue weighted by atomic mass is 10.3. The lowest BCUT2D eigenvalue weighted by Crippen LogP contribution is -2.31. The number of rotatable bonds is 14. The zero-order valence-electron chi connectivity index (χ0n) is 23.0. The quantitative estimate of drug-likeness (QED) is 0.130. The average Bonchev–Trinajstić information content (AvgIpc) is 2.86. The molecule has 234 valence electrons. The second-order valence-corrected chi connectivity index (χ2v) is 14.5. The third-order valence-corrected chi connectivity index (χ3v) is 9.16. The van der Waals surface area contributed by atoms with Gasteiger partial charge in [0.05, 0.1) is 10.0 Å². The summed E-state index contributed by atoms with van der Waals surface area (Å²) in [6.07, 6.45) is 0.916. The molecule has 0 radical (unpaired) electrons.